The van der Waals surface area contributed by atoms with E-state index in [4.69, 9.17) is 40.4 Å². The SMILES string of the molecule is [B][C@@H]1O[C@H](C(F)C(O[Si](C)(C)C(C)(C)C)P(=O)(OCC)OCC)CC1OP(OCCC#N)N(C(C)C)C(C)C. The Labute approximate surface area is 239 Å². The lowest BCUT2D eigenvalue weighted by atomic mass is 9.94. The summed E-state index contributed by atoms with van der Waals surface area (Å²) in [6.45, 7) is 21.8. The lowest BCUT2D eigenvalue weighted by Gasteiger charge is -2.42. The minimum Gasteiger partial charge on any atom is -0.401 e. The van der Waals surface area contributed by atoms with Crippen LogP contribution in [0.25, 0.3) is 0 Å². The highest BCUT2D eigenvalue weighted by Crippen LogP contribution is 2.58. The first kappa shape index (κ1) is 37.1. The van der Waals surface area contributed by atoms with Crippen LogP contribution in [0.5, 0.6) is 0 Å². The van der Waals surface area contributed by atoms with Crippen LogP contribution in [-0.2, 0) is 31.8 Å². The minimum atomic E-state index is -4.01. The summed E-state index contributed by atoms with van der Waals surface area (Å²) in [5.41, 5.74) is 0. The van der Waals surface area contributed by atoms with E-state index in [0.29, 0.717) is 0 Å². The Kier molecular flexibility index (Phi) is 15.3. The van der Waals surface area contributed by atoms with Crippen LogP contribution in [0.1, 0.15) is 75.2 Å². The Morgan fingerprint density at radius 1 is 1.18 bits per heavy atom. The number of ether oxygens (including phenoxy) is 1. The average molecular weight is 611 g/mol. The van der Waals surface area contributed by atoms with Crippen molar-refractivity contribution >= 4 is 32.3 Å². The molecule has 0 N–H and O–H groups in total. The van der Waals surface area contributed by atoms with E-state index in [0.717, 1.165) is 0 Å². The Balaban J connectivity index is 3.28. The summed E-state index contributed by atoms with van der Waals surface area (Å²) in [6.07, 6.45) is -3.28. The van der Waals surface area contributed by atoms with Crippen LogP contribution in [0, 0.1) is 11.3 Å². The molecule has 1 fully saturated rings. The predicted molar refractivity (Wildman–Crippen MR) is 157 cm³/mol. The van der Waals surface area contributed by atoms with Crippen LogP contribution in [0.4, 0.5) is 4.39 Å². The summed E-state index contributed by atoms with van der Waals surface area (Å²) in [5.74, 6) is -1.48. The lowest BCUT2D eigenvalue weighted by molar-refractivity contribution is -0.0168. The predicted octanol–water partition coefficient (Wildman–Crippen LogP) is 6.88. The van der Waals surface area contributed by atoms with E-state index >= 15 is 4.39 Å². The molecule has 0 bridgehead atoms. The van der Waals surface area contributed by atoms with Gasteiger partial charge in [0.15, 0.2) is 20.3 Å². The molecule has 0 saturated carbocycles. The summed E-state index contributed by atoms with van der Waals surface area (Å²) in [5, 5.41) is 8.69. The maximum atomic E-state index is 16.4. The summed E-state index contributed by atoms with van der Waals surface area (Å²) >= 11 is 0. The molecule has 0 aliphatic carbocycles. The highest BCUT2D eigenvalue weighted by molar-refractivity contribution is 7.54. The Morgan fingerprint density at radius 2 is 1.72 bits per heavy atom. The van der Waals surface area contributed by atoms with Gasteiger partial charge in [0, 0.05) is 24.5 Å². The third-order valence-electron chi connectivity index (χ3n) is 6.83. The van der Waals surface area contributed by atoms with Gasteiger partial charge in [-0.3, -0.25) is 4.57 Å². The van der Waals surface area contributed by atoms with Gasteiger partial charge in [-0.25, -0.2) is 9.06 Å². The van der Waals surface area contributed by atoms with E-state index in [1.165, 1.54) is 0 Å². The molecule has 0 amide bonds. The third kappa shape index (κ3) is 10.4. The van der Waals surface area contributed by atoms with Gasteiger partial charge in [-0.05, 0) is 59.7 Å². The van der Waals surface area contributed by atoms with Gasteiger partial charge in [-0.2, -0.15) is 5.26 Å². The number of hydrogen-bond donors (Lipinski definition) is 0. The van der Waals surface area contributed by atoms with E-state index in [9.17, 15) is 4.57 Å². The van der Waals surface area contributed by atoms with E-state index in [1.807, 2.05) is 61.6 Å². The van der Waals surface area contributed by atoms with Crippen LogP contribution >= 0.6 is 16.1 Å². The largest absolute Gasteiger partial charge is 0.401 e. The molecule has 6 atom stereocenters. The molecule has 0 aromatic heterocycles. The smallest absolute Gasteiger partial charge is 0.361 e. The van der Waals surface area contributed by atoms with E-state index in [-0.39, 0.29) is 49.8 Å². The van der Waals surface area contributed by atoms with Crippen molar-refractivity contribution in [3.05, 3.63) is 0 Å². The highest BCUT2D eigenvalue weighted by Gasteiger charge is 2.53. The van der Waals surface area contributed by atoms with Gasteiger partial charge < -0.3 is 27.3 Å². The standard InChI is InChI=1S/C25H50BFN2O7P2Si/c1-12-32-38(30,33-13-2)24(36-39(10,11)25(7,8)9)22(27)20-17-21(23(26)34-20)35-37(31-16-14-15-28)29(18(3)4)19(5)6/h18-24H,12-14,16-17H2,1-11H3/t20-,21?,22?,23+,24?,37?/m0/s1. The second-order valence-corrected chi connectivity index (χ2v) is 19.9. The van der Waals surface area contributed by atoms with Crippen molar-refractivity contribution in [2.24, 2.45) is 0 Å². The maximum Gasteiger partial charge on any atom is 0.361 e. The third-order valence-corrected chi connectivity index (χ3v) is 15.9. The molecule has 1 aliphatic rings. The summed E-state index contributed by atoms with van der Waals surface area (Å²) in [4.78, 5) is 0. The van der Waals surface area contributed by atoms with E-state index in [2.05, 4.69) is 10.7 Å². The molecule has 226 valence electrons. The molecule has 39 heavy (non-hydrogen) atoms. The molecule has 9 nitrogen and oxygen atoms in total. The zero-order valence-electron chi connectivity index (χ0n) is 25.7. The minimum absolute atomic E-state index is 0.0721. The molecule has 0 aromatic carbocycles. The number of alkyl halides is 1. The van der Waals surface area contributed by atoms with Crippen LogP contribution in [0.2, 0.25) is 18.1 Å². The average Bonchev–Trinajstić information content (AvgIpc) is 3.16. The molecular weight excluding hydrogens is 560 g/mol. The Hall–Kier alpha value is 0.0818. The van der Waals surface area contributed by atoms with Crippen molar-refractivity contribution in [2.45, 2.75) is 136 Å². The fourth-order valence-electron chi connectivity index (χ4n) is 3.94. The quantitative estimate of drug-likeness (QED) is 0.0991. The molecule has 1 rings (SSSR count). The van der Waals surface area contributed by atoms with Crippen molar-refractivity contribution in [1.82, 2.24) is 4.67 Å². The van der Waals surface area contributed by atoms with Crippen LogP contribution in [0.3, 0.4) is 0 Å². The normalized spacial score (nSPS) is 23.4. The number of nitriles is 1. The highest BCUT2D eigenvalue weighted by atomic mass is 31.2. The Bertz CT molecular complexity index is 813. The Morgan fingerprint density at radius 3 is 2.15 bits per heavy atom. The van der Waals surface area contributed by atoms with Crippen molar-refractivity contribution < 1.29 is 36.2 Å². The molecule has 1 heterocycles. The van der Waals surface area contributed by atoms with Gasteiger partial charge >= 0.3 is 7.60 Å². The molecule has 14 heteroatoms. The molecule has 0 spiro atoms. The fraction of sp³-hybridized carbons (Fsp3) is 0.960. The fourth-order valence-corrected chi connectivity index (χ4v) is 9.70. The van der Waals surface area contributed by atoms with Gasteiger partial charge in [0.2, 0.25) is 0 Å². The number of rotatable bonds is 17. The van der Waals surface area contributed by atoms with E-state index in [1.54, 1.807) is 13.8 Å². The zero-order valence-corrected chi connectivity index (χ0v) is 28.5. The summed E-state index contributed by atoms with van der Waals surface area (Å²) in [6, 6.07) is 1.31. The molecular formula is C25H50BFN2O7P2Si. The van der Waals surface area contributed by atoms with Gasteiger partial charge in [-0.1, -0.05) is 20.8 Å². The number of halogens is 1. The van der Waals surface area contributed by atoms with Crippen molar-refractivity contribution in [1.29, 1.82) is 5.26 Å². The molecule has 1 aliphatic heterocycles. The molecule has 0 aromatic rings. The second kappa shape index (κ2) is 16.1. The summed E-state index contributed by atoms with van der Waals surface area (Å²) < 4.78 is 68.1. The van der Waals surface area contributed by atoms with E-state index < -0.39 is 54.7 Å². The van der Waals surface area contributed by atoms with Crippen molar-refractivity contribution in [3.8, 4) is 6.07 Å². The lowest BCUT2D eigenvalue weighted by Crippen LogP contribution is -2.48. The van der Waals surface area contributed by atoms with Crippen LogP contribution < -0.4 is 0 Å². The summed E-state index contributed by atoms with van der Waals surface area (Å²) in [7, 11) is -1.94. The van der Waals surface area contributed by atoms with Gasteiger partial charge in [0.1, 0.15) is 7.85 Å². The molecule has 4 unspecified atom stereocenters. The zero-order chi connectivity index (χ0) is 30.2. The number of hydrogen-bond acceptors (Lipinski definition) is 9. The maximum absolute atomic E-state index is 16.4. The van der Waals surface area contributed by atoms with Gasteiger partial charge in [0.25, 0.3) is 8.53 Å². The first-order chi connectivity index (χ1) is 18.0. The first-order valence-electron chi connectivity index (χ1n) is 13.8. The molecule has 1 saturated heterocycles. The second-order valence-electron chi connectivity index (χ2n) is 11.7. The van der Waals surface area contributed by atoms with Gasteiger partial charge in [0.05, 0.1) is 44.5 Å². The van der Waals surface area contributed by atoms with Crippen molar-refractivity contribution in [2.75, 3.05) is 19.8 Å². The monoisotopic (exact) mass is 610 g/mol. The van der Waals surface area contributed by atoms with Crippen LogP contribution in [-0.4, -0.2) is 83.0 Å². The van der Waals surface area contributed by atoms with Gasteiger partial charge in [-0.15, -0.1) is 0 Å². The first-order valence-corrected chi connectivity index (χ1v) is 19.5. The molecule has 2 radical (unpaired) electrons. The number of nitrogens with zero attached hydrogens (tertiary/aromatic N) is 2. The van der Waals surface area contributed by atoms with Crippen molar-refractivity contribution in [3.63, 3.8) is 0 Å². The topological polar surface area (TPSA) is 99.5 Å². The van der Waals surface area contributed by atoms with Crippen LogP contribution in [0.15, 0.2) is 0 Å².